The lowest BCUT2D eigenvalue weighted by Gasteiger charge is -2.37. The summed E-state index contributed by atoms with van der Waals surface area (Å²) in [6, 6.07) is 9.28. The molecule has 2 aliphatic heterocycles. The van der Waals surface area contributed by atoms with Crippen LogP contribution in [-0.2, 0) is 16.1 Å². The fraction of sp³-hybridized carbons (Fsp3) is 0.261. The number of hydrogen-bond acceptors (Lipinski definition) is 5. The number of nitrogens with zero attached hydrogens (tertiary/aromatic N) is 3. The number of hydrazine groups is 1. The first-order chi connectivity index (χ1) is 15.8. The van der Waals surface area contributed by atoms with Gasteiger partial charge in [0.25, 0.3) is 5.91 Å². The highest BCUT2D eigenvalue weighted by Crippen LogP contribution is 2.28. The van der Waals surface area contributed by atoms with Crippen LogP contribution in [0.3, 0.4) is 0 Å². The SMILES string of the molecule is CCN1C=C2C(N1)C(=O)N(Cc1ccc(F)cc1)C(=O)N2CC(=O)Nc1cc(Cl)ccc1C. The molecule has 2 heterocycles. The summed E-state index contributed by atoms with van der Waals surface area (Å²) in [6.07, 6.45) is 1.66. The Kier molecular flexibility index (Phi) is 6.35. The molecule has 172 valence electrons. The van der Waals surface area contributed by atoms with E-state index in [2.05, 4.69) is 10.7 Å². The number of carbonyl (C=O) groups is 3. The van der Waals surface area contributed by atoms with E-state index in [9.17, 15) is 18.8 Å². The van der Waals surface area contributed by atoms with Crippen LogP contribution in [0.5, 0.6) is 0 Å². The largest absolute Gasteiger partial charge is 0.331 e. The van der Waals surface area contributed by atoms with Crippen molar-refractivity contribution in [2.75, 3.05) is 18.4 Å². The number of rotatable bonds is 6. The van der Waals surface area contributed by atoms with Gasteiger partial charge in [-0.15, -0.1) is 0 Å². The third-order valence-electron chi connectivity index (χ3n) is 5.54. The third kappa shape index (κ3) is 4.69. The molecule has 2 aliphatic rings. The Hall–Kier alpha value is -3.43. The van der Waals surface area contributed by atoms with Gasteiger partial charge in [0.1, 0.15) is 18.4 Å². The number of aryl methyl sites for hydroxylation is 1. The molecule has 8 nitrogen and oxygen atoms in total. The van der Waals surface area contributed by atoms with Crippen LogP contribution in [0.1, 0.15) is 18.1 Å². The van der Waals surface area contributed by atoms with E-state index in [1.807, 2.05) is 13.8 Å². The molecule has 0 saturated carbocycles. The molecule has 33 heavy (non-hydrogen) atoms. The molecule has 2 aromatic rings. The molecule has 4 rings (SSSR count). The quantitative estimate of drug-likeness (QED) is 0.675. The molecule has 1 saturated heterocycles. The number of halogens is 2. The number of imide groups is 1. The molecule has 1 fully saturated rings. The summed E-state index contributed by atoms with van der Waals surface area (Å²) >= 11 is 6.04. The number of fused-ring (bicyclic) bond motifs is 1. The number of benzene rings is 2. The summed E-state index contributed by atoms with van der Waals surface area (Å²) in [4.78, 5) is 41.6. The Morgan fingerprint density at radius 1 is 1.15 bits per heavy atom. The van der Waals surface area contributed by atoms with E-state index in [1.54, 1.807) is 29.4 Å². The maximum Gasteiger partial charge on any atom is 0.331 e. The van der Waals surface area contributed by atoms with E-state index in [0.29, 0.717) is 28.5 Å². The van der Waals surface area contributed by atoms with Gasteiger partial charge in [0.05, 0.1) is 12.2 Å². The number of hydrogen-bond donors (Lipinski definition) is 2. The molecule has 0 radical (unpaired) electrons. The van der Waals surface area contributed by atoms with E-state index in [0.717, 1.165) is 10.5 Å². The molecule has 0 aromatic heterocycles. The Morgan fingerprint density at radius 3 is 2.58 bits per heavy atom. The smallest absolute Gasteiger partial charge is 0.324 e. The number of urea groups is 1. The summed E-state index contributed by atoms with van der Waals surface area (Å²) in [6.45, 7) is 3.95. The standard InChI is InChI=1S/C23H23ClFN5O3/c1-3-28-12-19-21(27-28)22(32)30(11-15-5-8-17(25)9-6-15)23(33)29(19)13-20(31)26-18-10-16(24)7-4-14(18)2/h4-10,12,21,27H,3,11,13H2,1-2H3,(H,26,31). The zero-order valence-corrected chi connectivity index (χ0v) is 18.9. The van der Waals surface area contributed by atoms with Crippen molar-refractivity contribution in [2.45, 2.75) is 26.4 Å². The van der Waals surface area contributed by atoms with Crippen molar-refractivity contribution >= 4 is 35.1 Å². The van der Waals surface area contributed by atoms with Crippen LogP contribution in [0.2, 0.25) is 5.02 Å². The van der Waals surface area contributed by atoms with Gasteiger partial charge in [0.2, 0.25) is 5.91 Å². The van der Waals surface area contributed by atoms with Gasteiger partial charge < -0.3 is 10.3 Å². The van der Waals surface area contributed by atoms with Crippen LogP contribution in [0.15, 0.2) is 54.4 Å². The summed E-state index contributed by atoms with van der Waals surface area (Å²) in [7, 11) is 0. The van der Waals surface area contributed by atoms with E-state index in [1.165, 1.54) is 29.2 Å². The second-order valence-corrected chi connectivity index (χ2v) is 8.27. The first-order valence-corrected chi connectivity index (χ1v) is 10.8. The van der Waals surface area contributed by atoms with Crippen LogP contribution in [0, 0.1) is 12.7 Å². The van der Waals surface area contributed by atoms with E-state index in [4.69, 9.17) is 11.6 Å². The van der Waals surface area contributed by atoms with Crippen LogP contribution in [0.4, 0.5) is 14.9 Å². The van der Waals surface area contributed by atoms with Crippen LogP contribution in [-0.4, -0.2) is 51.8 Å². The average Bonchev–Trinajstić information content (AvgIpc) is 3.23. The topological polar surface area (TPSA) is 85.0 Å². The average molecular weight is 472 g/mol. The molecule has 1 unspecified atom stereocenters. The van der Waals surface area contributed by atoms with Gasteiger partial charge in [-0.05, 0) is 49.2 Å². The molecule has 2 aromatic carbocycles. The molecular weight excluding hydrogens is 449 g/mol. The predicted molar refractivity (Wildman–Crippen MR) is 121 cm³/mol. The fourth-order valence-corrected chi connectivity index (χ4v) is 3.91. The minimum Gasteiger partial charge on any atom is -0.324 e. The van der Waals surface area contributed by atoms with Gasteiger partial charge in [0, 0.05) is 23.5 Å². The Balaban J connectivity index is 1.59. The van der Waals surface area contributed by atoms with Crippen LogP contribution >= 0.6 is 11.6 Å². The van der Waals surface area contributed by atoms with Gasteiger partial charge in [-0.2, -0.15) is 0 Å². The molecule has 4 amide bonds. The van der Waals surface area contributed by atoms with Crippen molar-refractivity contribution in [2.24, 2.45) is 0 Å². The first kappa shape index (κ1) is 22.8. The second-order valence-electron chi connectivity index (χ2n) is 7.83. The summed E-state index contributed by atoms with van der Waals surface area (Å²) in [5, 5.41) is 4.95. The maximum absolute atomic E-state index is 13.3. The number of nitrogens with one attached hydrogen (secondary N) is 2. The zero-order valence-electron chi connectivity index (χ0n) is 18.1. The molecule has 1 atom stereocenters. The second kappa shape index (κ2) is 9.21. The minimum absolute atomic E-state index is 0.0406. The summed E-state index contributed by atoms with van der Waals surface area (Å²) in [5.74, 6) is -1.28. The molecule has 0 aliphatic carbocycles. The van der Waals surface area contributed by atoms with Crippen molar-refractivity contribution in [1.29, 1.82) is 0 Å². The monoisotopic (exact) mass is 471 g/mol. The maximum atomic E-state index is 13.3. The van der Waals surface area contributed by atoms with Crippen LogP contribution < -0.4 is 10.7 Å². The van der Waals surface area contributed by atoms with Gasteiger partial charge in [0.15, 0.2) is 0 Å². The van der Waals surface area contributed by atoms with Gasteiger partial charge >= 0.3 is 6.03 Å². The highest BCUT2D eigenvalue weighted by atomic mass is 35.5. The molecule has 0 spiro atoms. The molecule has 10 heteroatoms. The molecule has 0 bridgehead atoms. The van der Waals surface area contributed by atoms with E-state index in [-0.39, 0.29) is 13.1 Å². The van der Waals surface area contributed by atoms with Crippen molar-refractivity contribution in [3.63, 3.8) is 0 Å². The lowest BCUT2D eigenvalue weighted by Crippen LogP contribution is -2.61. The highest BCUT2D eigenvalue weighted by Gasteiger charge is 2.46. The lowest BCUT2D eigenvalue weighted by atomic mass is 10.1. The number of amides is 4. The normalized spacial score (nSPS) is 17.9. The molecular formula is C23H23ClFN5O3. The van der Waals surface area contributed by atoms with Crippen molar-refractivity contribution < 1.29 is 18.8 Å². The van der Waals surface area contributed by atoms with Gasteiger partial charge in [-0.3, -0.25) is 19.4 Å². The predicted octanol–water partition coefficient (Wildman–Crippen LogP) is 3.24. The summed E-state index contributed by atoms with van der Waals surface area (Å²) in [5.41, 5.74) is 5.41. The molecule has 2 N–H and O–H groups in total. The number of anilines is 1. The Morgan fingerprint density at radius 2 is 1.88 bits per heavy atom. The van der Waals surface area contributed by atoms with Crippen molar-refractivity contribution in [3.8, 4) is 0 Å². The highest BCUT2D eigenvalue weighted by molar-refractivity contribution is 6.31. The van der Waals surface area contributed by atoms with Crippen LogP contribution in [0.25, 0.3) is 0 Å². The van der Waals surface area contributed by atoms with Gasteiger partial charge in [-0.25, -0.2) is 14.6 Å². The number of carbonyl (C=O) groups excluding carboxylic acids is 3. The Bertz CT molecular complexity index is 1140. The Labute approximate surface area is 195 Å². The minimum atomic E-state index is -0.802. The fourth-order valence-electron chi connectivity index (χ4n) is 3.74. The lowest BCUT2D eigenvalue weighted by molar-refractivity contribution is -0.133. The van der Waals surface area contributed by atoms with Gasteiger partial charge in [-0.1, -0.05) is 29.8 Å². The first-order valence-electron chi connectivity index (χ1n) is 10.4. The summed E-state index contributed by atoms with van der Waals surface area (Å²) < 4.78 is 13.3. The van der Waals surface area contributed by atoms with Crippen molar-refractivity contribution in [1.82, 2.24) is 20.2 Å². The third-order valence-corrected chi connectivity index (χ3v) is 5.77. The zero-order chi connectivity index (χ0) is 23.7. The van der Waals surface area contributed by atoms with Crippen molar-refractivity contribution in [3.05, 3.63) is 76.3 Å². The van der Waals surface area contributed by atoms with E-state index >= 15 is 0 Å². The van der Waals surface area contributed by atoms with E-state index < -0.39 is 29.7 Å².